The molecule has 0 unspecified atom stereocenters. The number of nitrogens with zero attached hydrogens (tertiary/aromatic N) is 1. The molecule has 0 aliphatic carbocycles. The maximum Gasteiger partial charge on any atom is 0.0619 e. The summed E-state index contributed by atoms with van der Waals surface area (Å²) in [5, 5.41) is 7.81. The fraction of sp³-hybridized carbons (Fsp3) is 0. The van der Waals surface area contributed by atoms with Gasteiger partial charge in [0.25, 0.3) is 0 Å². The van der Waals surface area contributed by atoms with Crippen molar-refractivity contribution < 1.29 is 0 Å². The highest BCUT2D eigenvalue weighted by molar-refractivity contribution is 7.26. The molecule has 3 heterocycles. The normalized spacial score (nSPS) is 11.9. The van der Waals surface area contributed by atoms with Gasteiger partial charge in [-0.3, -0.25) is 0 Å². The van der Waals surface area contributed by atoms with Crippen LogP contribution in [0.3, 0.4) is 0 Å². The lowest BCUT2D eigenvalue weighted by atomic mass is 9.92. The number of aromatic nitrogens is 1. The van der Waals surface area contributed by atoms with Gasteiger partial charge in [-0.15, -0.1) is 22.7 Å². The molecule has 8 aromatic carbocycles. The van der Waals surface area contributed by atoms with Crippen LogP contribution in [0.5, 0.6) is 0 Å². The molecule has 0 fully saturated rings. The molecule has 0 aliphatic rings. The first-order valence-corrected chi connectivity index (χ1v) is 19.0. The van der Waals surface area contributed by atoms with Crippen LogP contribution in [0, 0.1) is 0 Å². The second-order valence-electron chi connectivity index (χ2n) is 13.2. The van der Waals surface area contributed by atoms with Gasteiger partial charge in [0.1, 0.15) is 0 Å². The Morgan fingerprint density at radius 2 is 0.882 bits per heavy atom. The summed E-state index contributed by atoms with van der Waals surface area (Å²) in [6, 6.07) is 64.9. The van der Waals surface area contributed by atoms with E-state index in [1.165, 1.54) is 101 Å². The molecular weight excluding hydrogens is 655 g/mol. The van der Waals surface area contributed by atoms with Crippen LogP contribution in [0.4, 0.5) is 0 Å². The van der Waals surface area contributed by atoms with Gasteiger partial charge in [-0.05, 0) is 47.0 Å². The third kappa shape index (κ3) is 4.32. The Morgan fingerprint density at radius 3 is 1.71 bits per heavy atom. The van der Waals surface area contributed by atoms with Gasteiger partial charge < -0.3 is 4.57 Å². The molecule has 11 rings (SSSR count). The second kappa shape index (κ2) is 11.3. The third-order valence-corrected chi connectivity index (χ3v) is 12.8. The Balaban J connectivity index is 1.18. The molecule has 0 saturated heterocycles. The molecule has 0 saturated carbocycles. The van der Waals surface area contributed by atoms with Crippen LogP contribution in [0.25, 0.3) is 101 Å². The van der Waals surface area contributed by atoms with Crippen molar-refractivity contribution in [1.82, 2.24) is 4.57 Å². The van der Waals surface area contributed by atoms with Crippen LogP contribution in [-0.4, -0.2) is 4.57 Å². The Labute approximate surface area is 302 Å². The summed E-state index contributed by atoms with van der Waals surface area (Å²) in [5.74, 6) is 0. The van der Waals surface area contributed by atoms with Gasteiger partial charge in [-0.25, -0.2) is 0 Å². The molecule has 0 atom stereocenters. The zero-order chi connectivity index (χ0) is 33.5. The highest BCUT2D eigenvalue weighted by Gasteiger charge is 2.21. The average Bonchev–Trinajstić information content (AvgIpc) is 3.87. The van der Waals surface area contributed by atoms with E-state index in [-0.39, 0.29) is 0 Å². The third-order valence-electron chi connectivity index (χ3n) is 10.4. The Bertz CT molecular complexity index is 3150. The lowest BCUT2D eigenvalue weighted by Crippen LogP contribution is -1.99. The largest absolute Gasteiger partial charge is 0.308 e. The summed E-state index contributed by atoms with van der Waals surface area (Å²) in [5.41, 5.74) is 11.1. The van der Waals surface area contributed by atoms with Crippen molar-refractivity contribution >= 4 is 84.8 Å². The molecule has 0 spiro atoms. The van der Waals surface area contributed by atoms with Crippen LogP contribution in [0.15, 0.2) is 176 Å². The Hall–Kier alpha value is -6.00. The lowest BCUT2D eigenvalue weighted by Gasteiger charge is -2.18. The van der Waals surface area contributed by atoms with Crippen molar-refractivity contribution in [3.8, 4) is 39.1 Å². The predicted molar refractivity (Wildman–Crippen MR) is 223 cm³/mol. The minimum Gasteiger partial charge on any atom is -0.308 e. The van der Waals surface area contributed by atoms with Gasteiger partial charge in [0.2, 0.25) is 0 Å². The quantitative estimate of drug-likeness (QED) is 0.174. The molecule has 1 nitrogen and oxygen atoms in total. The maximum absolute atomic E-state index is 2.52. The fourth-order valence-corrected chi connectivity index (χ4v) is 10.6. The monoisotopic (exact) mass is 683 g/mol. The topological polar surface area (TPSA) is 4.93 Å². The molecule has 0 radical (unpaired) electrons. The molecule has 11 aromatic rings. The molecule has 3 heteroatoms. The van der Waals surface area contributed by atoms with E-state index in [4.69, 9.17) is 0 Å². The van der Waals surface area contributed by atoms with E-state index in [9.17, 15) is 0 Å². The first-order valence-electron chi connectivity index (χ1n) is 17.4. The zero-order valence-electron chi connectivity index (χ0n) is 27.5. The van der Waals surface area contributed by atoms with E-state index < -0.39 is 0 Å². The van der Waals surface area contributed by atoms with E-state index in [1.807, 2.05) is 22.7 Å². The van der Waals surface area contributed by atoms with Crippen LogP contribution in [0.2, 0.25) is 0 Å². The van der Waals surface area contributed by atoms with E-state index in [0.717, 1.165) is 0 Å². The van der Waals surface area contributed by atoms with Crippen LogP contribution in [0.1, 0.15) is 0 Å². The zero-order valence-corrected chi connectivity index (χ0v) is 29.1. The molecule has 51 heavy (non-hydrogen) atoms. The fourth-order valence-electron chi connectivity index (χ4n) is 8.20. The minimum absolute atomic E-state index is 1.18. The number of thiophene rings is 2. The summed E-state index contributed by atoms with van der Waals surface area (Å²) in [7, 11) is 0. The molecule has 3 aromatic heterocycles. The van der Waals surface area contributed by atoms with Crippen LogP contribution >= 0.6 is 22.7 Å². The second-order valence-corrected chi connectivity index (χ2v) is 15.3. The van der Waals surface area contributed by atoms with Gasteiger partial charge in [0.15, 0.2) is 0 Å². The molecule has 0 aliphatic heterocycles. The molecule has 0 N–H and O–H groups in total. The highest BCUT2D eigenvalue weighted by atomic mass is 32.1. The van der Waals surface area contributed by atoms with Gasteiger partial charge in [-0.1, -0.05) is 146 Å². The number of hydrogen-bond donors (Lipinski definition) is 0. The van der Waals surface area contributed by atoms with Gasteiger partial charge in [0, 0.05) is 67.8 Å². The van der Waals surface area contributed by atoms with Gasteiger partial charge >= 0.3 is 0 Å². The minimum atomic E-state index is 1.18. The van der Waals surface area contributed by atoms with Crippen molar-refractivity contribution in [3.63, 3.8) is 0 Å². The number of fused-ring (bicyclic) bond motifs is 9. The Morgan fingerprint density at radius 1 is 0.333 bits per heavy atom. The SMILES string of the molecule is c1ccc(-c2cccc3c2sc2ccccc23)c(-c2ccccc2-n2c3ccccc3c3cccc(-c4ccc5c(c4)sc4ccccc45)c32)c1. The van der Waals surface area contributed by atoms with Crippen molar-refractivity contribution in [1.29, 1.82) is 0 Å². The first kappa shape index (κ1) is 28.8. The van der Waals surface area contributed by atoms with Gasteiger partial charge in [0.05, 0.1) is 16.7 Å². The molecule has 238 valence electrons. The lowest BCUT2D eigenvalue weighted by molar-refractivity contribution is 1.18. The molecule has 0 amide bonds. The van der Waals surface area contributed by atoms with Crippen molar-refractivity contribution in [2.75, 3.05) is 0 Å². The molecule has 0 bridgehead atoms. The van der Waals surface area contributed by atoms with E-state index in [2.05, 4.69) is 180 Å². The van der Waals surface area contributed by atoms with E-state index >= 15 is 0 Å². The van der Waals surface area contributed by atoms with Crippen molar-refractivity contribution in [3.05, 3.63) is 176 Å². The van der Waals surface area contributed by atoms with Crippen molar-refractivity contribution in [2.45, 2.75) is 0 Å². The smallest absolute Gasteiger partial charge is 0.0619 e. The number of hydrogen-bond acceptors (Lipinski definition) is 2. The first-order chi connectivity index (χ1) is 25.3. The van der Waals surface area contributed by atoms with Gasteiger partial charge in [-0.2, -0.15) is 0 Å². The van der Waals surface area contributed by atoms with E-state index in [0.29, 0.717) is 0 Å². The molecular formula is C48H29NS2. The number of benzene rings is 8. The highest BCUT2D eigenvalue weighted by Crippen LogP contribution is 2.46. The summed E-state index contributed by atoms with van der Waals surface area (Å²) in [4.78, 5) is 0. The standard InChI is InChI=1S/C48H29NS2/c1-2-14-33(40-21-12-22-41-37-18-6-10-26-45(37)51-48(40)41)32(13-1)34-15-3-7-23-42(34)49-43-24-8-4-16-35(43)39-20-11-19-31(47(39)49)30-27-28-38-36-17-5-9-25-44(36)50-46(38)29-30/h1-29H. The number of para-hydroxylation sites is 3. The van der Waals surface area contributed by atoms with Crippen molar-refractivity contribution in [2.24, 2.45) is 0 Å². The summed E-state index contributed by atoms with van der Waals surface area (Å²) in [6.07, 6.45) is 0. The summed E-state index contributed by atoms with van der Waals surface area (Å²) in [6.45, 7) is 0. The predicted octanol–water partition coefficient (Wildman–Crippen LogP) is 14.5. The number of rotatable bonds is 4. The maximum atomic E-state index is 2.52. The summed E-state index contributed by atoms with van der Waals surface area (Å²) >= 11 is 3.77. The summed E-state index contributed by atoms with van der Waals surface area (Å²) < 4.78 is 7.82. The Kier molecular flexibility index (Phi) is 6.36. The average molecular weight is 684 g/mol. The van der Waals surface area contributed by atoms with Crippen LogP contribution < -0.4 is 0 Å². The van der Waals surface area contributed by atoms with E-state index in [1.54, 1.807) is 0 Å². The van der Waals surface area contributed by atoms with Crippen LogP contribution in [-0.2, 0) is 0 Å².